The van der Waals surface area contributed by atoms with Crippen LogP contribution in [0.25, 0.3) is 16.7 Å². The lowest BCUT2D eigenvalue weighted by Gasteiger charge is -2.10. The first kappa shape index (κ1) is 13.5. The summed E-state index contributed by atoms with van der Waals surface area (Å²) in [6.45, 7) is 2.77. The van der Waals surface area contributed by atoms with E-state index in [9.17, 15) is 0 Å². The fourth-order valence-corrected chi connectivity index (χ4v) is 2.08. The number of aliphatic hydroxyl groups excluding tert-OH is 1. The number of rotatable bonds is 5. The van der Waals surface area contributed by atoms with E-state index in [1.165, 1.54) is 6.33 Å². The Kier molecular flexibility index (Phi) is 3.79. The van der Waals surface area contributed by atoms with Crippen molar-refractivity contribution in [1.82, 2.24) is 19.7 Å². The van der Waals surface area contributed by atoms with E-state index in [-0.39, 0.29) is 12.5 Å². The predicted molar refractivity (Wildman–Crippen MR) is 81.4 cm³/mol. The zero-order valence-electron chi connectivity index (χ0n) is 11.8. The molecule has 0 aliphatic heterocycles. The summed E-state index contributed by atoms with van der Waals surface area (Å²) in [7, 11) is 0. The highest BCUT2D eigenvalue weighted by molar-refractivity contribution is 5.87. The summed E-state index contributed by atoms with van der Waals surface area (Å²) in [6.07, 6.45) is 3.28. The minimum Gasteiger partial charge on any atom is -0.396 e. The van der Waals surface area contributed by atoms with Crippen molar-refractivity contribution in [2.24, 2.45) is 5.92 Å². The number of hydrogen-bond acceptors (Lipinski definition) is 5. The Hall–Kier alpha value is -2.47. The highest BCUT2D eigenvalue weighted by Crippen LogP contribution is 2.21. The van der Waals surface area contributed by atoms with Crippen LogP contribution in [0, 0.1) is 5.92 Å². The second-order valence-corrected chi connectivity index (χ2v) is 5.02. The third-order valence-corrected chi connectivity index (χ3v) is 3.30. The number of benzene rings is 1. The van der Waals surface area contributed by atoms with Crippen LogP contribution in [0.1, 0.15) is 6.92 Å². The third-order valence-electron chi connectivity index (χ3n) is 3.30. The Labute approximate surface area is 122 Å². The van der Waals surface area contributed by atoms with Crippen LogP contribution in [0.4, 0.5) is 5.82 Å². The molecule has 2 N–H and O–H groups in total. The first-order valence-electron chi connectivity index (χ1n) is 6.88. The molecule has 0 spiro atoms. The molecule has 108 valence electrons. The van der Waals surface area contributed by atoms with Gasteiger partial charge in [0.05, 0.1) is 17.3 Å². The minimum atomic E-state index is 0.143. The Balaban J connectivity index is 1.97. The van der Waals surface area contributed by atoms with E-state index in [0.29, 0.717) is 6.54 Å². The van der Waals surface area contributed by atoms with E-state index in [1.54, 1.807) is 10.9 Å². The fraction of sp³-hybridized carbons (Fsp3) is 0.267. The zero-order chi connectivity index (χ0) is 14.7. The van der Waals surface area contributed by atoms with Crippen molar-refractivity contribution in [3.8, 4) is 5.69 Å². The Bertz CT molecular complexity index is 725. The van der Waals surface area contributed by atoms with E-state index in [2.05, 4.69) is 20.4 Å². The van der Waals surface area contributed by atoms with Gasteiger partial charge in [-0.3, -0.25) is 0 Å². The number of nitrogens with zero attached hydrogens (tertiary/aromatic N) is 4. The molecule has 21 heavy (non-hydrogen) atoms. The van der Waals surface area contributed by atoms with Gasteiger partial charge in [-0.15, -0.1) is 0 Å². The van der Waals surface area contributed by atoms with Crippen molar-refractivity contribution < 1.29 is 5.11 Å². The van der Waals surface area contributed by atoms with E-state index in [0.717, 1.165) is 22.5 Å². The average molecular weight is 283 g/mol. The average Bonchev–Trinajstić information content (AvgIpc) is 2.98. The smallest absolute Gasteiger partial charge is 0.168 e. The van der Waals surface area contributed by atoms with Gasteiger partial charge in [-0.05, 0) is 18.1 Å². The van der Waals surface area contributed by atoms with Crippen LogP contribution in [0.15, 0.2) is 42.9 Å². The molecule has 0 saturated carbocycles. The van der Waals surface area contributed by atoms with Gasteiger partial charge >= 0.3 is 0 Å². The first-order valence-corrected chi connectivity index (χ1v) is 6.88. The Morgan fingerprint density at radius 2 is 2.05 bits per heavy atom. The maximum Gasteiger partial charge on any atom is 0.168 e. The first-order chi connectivity index (χ1) is 10.3. The van der Waals surface area contributed by atoms with Crippen LogP contribution >= 0.6 is 0 Å². The van der Waals surface area contributed by atoms with Gasteiger partial charge in [0.25, 0.3) is 0 Å². The number of anilines is 1. The van der Waals surface area contributed by atoms with Gasteiger partial charge < -0.3 is 10.4 Å². The summed E-state index contributed by atoms with van der Waals surface area (Å²) in [5.41, 5.74) is 1.72. The van der Waals surface area contributed by atoms with Crippen molar-refractivity contribution in [2.45, 2.75) is 6.92 Å². The molecule has 3 rings (SSSR count). The molecule has 1 aromatic carbocycles. The largest absolute Gasteiger partial charge is 0.396 e. The third kappa shape index (κ3) is 2.71. The Morgan fingerprint density at radius 1 is 1.24 bits per heavy atom. The molecule has 2 heterocycles. The van der Waals surface area contributed by atoms with Crippen LogP contribution in [0.5, 0.6) is 0 Å². The number of fused-ring (bicyclic) bond motifs is 1. The van der Waals surface area contributed by atoms with Crippen molar-refractivity contribution in [1.29, 1.82) is 0 Å². The van der Waals surface area contributed by atoms with Crippen LogP contribution in [-0.2, 0) is 0 Å². The monoisotopic (exact) mass is 283 g/mol. The molecule has 0 fully saturated rings. The molecular formula is C15H17N5O. The van der Waals surface area contributed by atoms with Crippen LogP contribution in [-0.4, -0.2) is 38.0 Å². The molecule has 0 saturated heterocycles. The lowest BCUT2D eigenvalue weighted by atomic mass is 10.2. The molecule has 6 heteroatoms. The lowest BCUT2D eigenvalue weighted by Crippen LogP contribution is -2.15. The number of para-hydroxylation sites is 1. The molecule has 6 nitrogen and oxygen atoms in total. The lowest BCUT2D eigenvalue weighted by molar-refractivity contribution is 0.244. The highest BCUT2D eigenvalue weighted by Gasteiger charge is 2.11. The highest BCUT2D eigenvalue weighted by atomic mass is 16.3. The van der Waals surface area contributed by atoms with Crippen molar-refractivity contribution in [3.63, 3.8) is 0 Å². The van der Waals surface area contributed by atoms with Crippen LogP contribution < -0.4 is 5.32 Å². The second kappa shape index (κ2) is 5.88. The Morgan fingerprint density at radius 3 is 2.81 bits per heavy atom. The summed E-state index contributed by atoms with van der Waals surface area (Å²) in [6, 6.07) is 9.86. The van der Waals surface area contributed by atoms with E-state index in [1.807, 2.05) is 37.3 Å². The van der Waals surface area contributed by atoms with Gasteiger partial charge in [0.15, 0.2) is 5.65 Å². The van der Waals surface area contributed by atoms with Gasteiger partial charge in [-0.25, -0.2) is 14.6 Å². The minimum absolute atomic E-state index is 0.143. The molecule has 0 amide bonds. The van der Waals surface area contributed by atoms with Gasteiger partial charge in [-0.1, -0.05) is 25.1 Å². The summed E-state index contributed by atoms with van der Waals surface area (Å²) in [5, 5.41) is 17.6. The molecule has 1 atom stereocenters. The quantitative estimate of drug-likeness (QED) is 0.747. The maximum atomic E-state index is 9.09. The molecule has 0 radical (unpaired) electrons. The van der Waals surface area contributed by atoms with E-state index in [4.69, 9.17) is 5.11 Å². The fourth-order valence-electron chi connectivity index (χ4n) is 2.08. The molecule has 0 bridgehead atoms. The van der Waals surface area contributed by atoms with Gasteiger partial charge in [0.2, 0.25) is 0 Å². The predicted octanol–water partition coefficient (Wildman–Crippen LogP) is 1.86. The number of aromatic nitrogens is 4. The zero-order valence-corrected chi connectivity index (χ0v) is 11.8. The topological polar surface area (TPSA) is 75.9 Å². The normalized spacial score (nSPS) is 12.5. The standard InChI is InChI=1S/C15H17N5O/c1-11(9-21)7-16-14-13-8-19-20(15(13)18-10-17-14)12-5-3-2-4-6-12/h2-6,8,10-11,21H,7,9H2,1H3,(H,16,17,18). The molecular weight excluding hydrogens is 266 g/mol. The summed E-state index contributed by atoms with van der Waals surface area (Å²) in [4.78, 5) is 8.59. The summed E-state index contributed by atoms with van der Waals surface area (Å²) < 4.78 is 1.79. The second-order valence-electron chi connectivity index (χ2n) is 5.02. The van der Waals surface area contributed by atoms with Gasteiger partial charge in [0.1, 0.15) is 12.1 Å². The molecule has 3 aromatic rings. The van der Waals surface area contributed by atoms with Gasteiger partial charge in [0, 0.05) is 13.2 Å². The molecule has 0 aliphatic carbocycles. The molecule has 0 aliphatic rings. The number of hydrogen-bond donors (Lipinski definition) is 2. The van der Waals surface area contributed by atoms with Crippen molar-refractivity contribution in [3.05, 3.63) is 42.9 Å². The van der Waals surface area contributed by atoms with Crippen molar-refractivity contribution in [2.75, 3.05) is 18.5 Å². The summed E-state index contributed by atoms with van der Waals surface area (Å²) >= 11 is 0. The molecule has 1 unspecified atom stereocenters. The maximum absolute atomic E-state index is 9.09. The van der Waals surface area contributed by atoms with Crippen LogP contribution in [0.2, 0.25) is 0 Å². The van der Waals surface area contributed by atoms with Crippen molar-refractivity contribution >= 4 is 16.9 Å². The SMILES string of the molecule is CC(CO)CNc1ncnc2c1cnn2-c1ccccc1. The molecule has 2 aromatic heterocycles. The van der Waals surface area contributed by atoms with E-state index >= 15 is 0 Å². The number of aliphatic hydroxyl groups is 1. The number of nitrogens with one attached hydrogen (secondary N) is 1. The van der Waals surface area contributed by atoms with E-state index < -0.39 is 0 Å². The van der Waals surface area contributed by atoms with Crippen LogP contribution in [0.3, 0.4) is 0 Å². The summed E-state index contributed by atoms with van der Waals surface area (Å²) in [5.74, 6) is 0.904. The van der Waals surface area contributed by atoms with Gasteiger partial charge in [-0.2, -0.15) is 5.10 Å².